The van der Waals surface area contributed by atoms with Gasteiger partial charge in [-0.25, -0.2) is 0 Å². The maximum absolute atomic E-state index is 6.00. The van der Waals surface area contributed by atoms with Crippen molar-refractivity contribution in [1.82, 2.24) is 10.6 Å². The molecule has 0 amide bonds. The van der Waals surface area contributed by atoms with Crippen LogP contribution in [0.15, 0.2) is 0 Å². The Balaban J connectivity index is 1.85. The summed E-state index contributed by atoms with van der Waals surface area (Å²) in [6.07, 6.45) is 3.94. The van der Waals surface area contributed by atoms with Crippen molar-refractivity contribution < 1.29 is 0 Å². The minimum absolute atomic E-state index is 0.368. The SMILES string of the molecule is CC1CC(C2CCNCC2)NCC1N. The molecule has 0 radical (unpaired) electrons. The average molecular weight is 197 g/mol. The predicted molar refractivity (Wildman–Crippen MR) is 59.1 cm³/mol. The summed E-state index contributed by atoms with van der Waals surface area (Å²) < 4.78 is 0. The van der Waals surface area contributed by atoms with Crippen LogP contribution < -0.4 is 16.4 Å². The molecule has 0 spiro atoms. The first-order chi connectivity index (χ1) is 6.77. The van der Waals surface area contributed by atoms with Crippen LogP contribution in [0.25, 0.3) is 0 Å². The van der Waals surface area contributed by atoms with Gasteiger partial charge in [-0.2, -0.15) is 0 Å². The fourth-order valence-electron chi connectivity index (χ4n) is 2.75. The molecule has 2 aliphatic rings. The molecule has 0 aliphatic carbocycles. The second-order valence-electron chi connectivity index (χ2n) is 4.98. The van der Waals surface area contributed by atoms with Crippen molar-refractivity contribution in [2.45, 2.75) is 38.3 Å². The molecule has 3 heteroatoms. The fourth-order valence-corrected chi connectivity index (χ4v) is 2.75. The maximum Gasteiger partial charge on any atom is 0.0191 e. The van der Waals surface area contributed by atoms with Crippen LogP contribution >= 0.6 is 0 Å². The molecule has 2 heterocycles. The van der Waals surface area contributed by atoms with E-state index in [-0.39, 0.29) is 0 Å². The Morgan fingerprint density at radius 1 is 1.21 bits per heavy atom. The summed E-state index contributed by atoms with van der Waals surface area (Å²) in [7, 11) is 0. The van der Waals surface area contributed by atoms with Crippen molar-refractivity contribution in [3.8, 4) is 0 Å². The summed E-state index contributed by atoms with van der Waals surface area (Å²) in [6, 6.07) is 1.10. The van der Waals surface area contributed by atoms with E-state index < -0.39 is 0 Å². The molecule has 0 bridgehead atoms. The molecule has 3 unspecified atom stereocenters. The zero-order chi connectivity index (χ0) is 9.97. The van der Waals surface area contributed by atoms with Crippen LogP contribution in [0.5, 0.6) is 0 Å². The van der Waals surface area contributed by atoms with Gasteiger partial charge in [-0.05, 0) is 44.2 Å². The third kappa shape index (κ3) is 2.27. The van der Waals surface area contributed by atoms with Gasteiger partial charge in [0.25, 0.3) is 0 Å². The Kier molecular flexibility index (Phi) is 3.42. The lowest BCUT2D eigenvalue weighted by molar-refractivity contribution is 0.195. The molecule has 3 atom stereocenters. The molecule has 4 N–H and O–H groups in total. The minimum Gasteiger partial charge on any atom is -0.326 e. The molecule has 2 rings (SSSR count). The highest BCUT2D eigenvalue weighted by Gasteiger charge is 2.30. The molecule has 82 valence electrons. The molecule has 0 aromatic carbocycles. The Morgan fingerprint density at radius 3 is 2.57 bits per heavy atom. The number of piperidine rings is 2. The van der Waals surface area contributed by atoms with E-state index >= 15 is 0 Å². The molecular formula is C11H23N3. The second kappa shape index (κ2) is 4.60. The van der Waals surface area contributed by atoms with Crippen molar-refractivity contribution in [3.05, 3.63) is 0 Å². The molecule has 0 aromatic heterocycles. The van der Waals surface area contributed by atoms with Gasteiger partial charge in [-0.15, -0.1) is 0 Å². The Morgan fingerprint density at radius 2 is 1.93 bits per heavy atom. The molecule has 2 fully saturated rings. The van der Waals surface area contributed by atoms with E-state index in [9.17, 15) is 0 Å². The number of hydrogen-bond donors (Lipinski definition) is 3. The lowest BCUT2D eigenvalue weighted by Gasteiger charge is -2.39. The lowest BCUT2D eigenvalue weighted by atomic mass is 9.80. The summed E-state index contributed by atoms with van der Waals surface area (Å²) in [6.45, 7) is 5.70. The topological polar surface area (TPSA) is 50.1 Å². The third-order valence-corrected chi connectivity index (χ3v) is 3.93. The first-order valence-electron chi connectivity index (χ1n) is 5.97. The smallest absolute Gasteiger partial charge is 0.0191 e. The summed E-state index contributed by atoms with van der Waals surface area (Å²) in [4.78, 5) is 0. The Labute approximate surface area is 86.8 Å². The van der Waals surface area contributed by atoms with E-state index in [0.29, 0.717) is 12.0 Å². The first-order valence-corrected chi connectivity index (χ1v) is 5.97. The van der Waals surface area contributed by atoms with Gasteiger partial charge in [0.05, 0.1) is 0 Å². The molecule has 2 aliphatic heterocycles. The van der Waals surface area contributed by atoms with Crippen LogP contribution in [0.4, 0.5) is 0 Å². The van der Waals surface area contributed by atoms with E-state index in [0.717, 1.165) is 18.5 Å². The van der Waals surface area contributed by atoms with Gasteiger partial charge < -0.3 is 16.4 Å². The highest BCUT2D eigenvalue weighted by Crippen LogP contribution is 2.25. The van der Waals surface area contributed by atoms with E-state index in [1.54, 1.807) is 0 Å². The lowest BCUT2D eigenvalue weighted by Crippen LogP contribution is -2.53. The first kappa shape index (κ1) is 10.4. The number of nitrogens with two attached hydrogens (primary N) is 1. The quantitative estimate of drug-likeness (QED) is 0.567. The number of nitrogens with one attached hydrogen (secondary N) is 2. The molecule has 0 saturated carbocycles. The molecule has 14 heavy (non-hydrogen) atoms. The summed E-state index contributed by atoms with van der Waals surface area (Å²) in [5.74, 6) is 1.57. The molecule has 2 saturated heterocycles. The van der Waals surface area contributed by atoms with Gasteiger partial charge >= 0.3 is 0 Å². The zero-order valence-electron chi connectivity index (χ0n) is 9.13. The van der Waals surface area contributed by atoms with Crippen LogP contribution in [0, 0.1) is 11.8 Å². The van der Waals surface area contributed by atoms with Crippen LogP contribution in [-0.2, 0) is 0 Å². The standard InChI is InChI=1S/C11H23N3/c1-8-6-11(14-7-10(8)12)9-2-4-13-5-3-9/h8-11,13-14H,2-7,12H2,1H3. The van der Waals surface area contributed by atoms with Crippen LogP contribution in [0.1, 0.15) is 26.2 Å². The maximum atomic E-state index is 6.00. The van der Waals surface area contributed by atoms with Crippen molar-refractivity contribution in [2.24, 2.45) is 17.6 Å². The summed E-state index contributed by atoms with van der Waals surface area (Å²) >= 11 is 0. The predicted octanol–water partition coefficient (Wildman–Crippen LogP) is 0.311. The van der Waals surface area contributed by atoms with Crippen LogP contribution in [-0.4, -0.2) is 31.7 Å². The van der Waals surface area contributed by atoms with Crippen molar-refractivity contribution in [2.75, 3.05) is 19.6 Å². The normalized spacial score (nSPS) is 41.1. The van der Waals surface area contributed by atoms with Crippen molar-refractivity contribution in [3.63, 3.8) is 0 Å². The zero-order valence-corrected chi connectivity index (χ0v) is 9.13. The summed E-state index contributed by atoms with van der Waals surface area (Å²) in [5, 5.41) is 7.04. The van der Waals surface area contributed by atoms with Crippen molar-refractivity contribution >= 4 is 0 Å². The van der Waals surface area contributed by atoms with Gasteiger partial charge in [0.15, 0.2) is 0 Å². The highest BCUT2D eigenvalue weighted by molar-refractivity contribution is 4.89. The largest absolute Gasteiger partial charge is 0.326 e. The Bertz CT molecular complexity index is 177. The van der Waals surface area contributed by atoms with E-state index in [2.05, 4.69) is 17.6 Å². The number of rotatable bonds is 1. The van der Waals surface area contributed by atoms with Gasteiger partial charge in [0.1, 0.15) is 0 Å². The average Bonchev–Trinajstić information content (AvgIpc) is 2.23. The summed E-state index contributed by atoms with van der Waals surface area (Å²) in [5.41, 5.74) is 6.00. The van der Waals surface area contributed by atoms with E-state index in [1.807, 2.05) is 0 Å². The monoisotopic (exact) mass is 197 g/mol. The van der Waals surface area contributed by atoms with Crippen LogP contribution in [0.3, 0.4) is 0 Å². The third-order valence-electron chi connectivity index (χ3n) is 3.93. The fraction of sp³-hybridized carbons (Fsp3) is 1.00. The van der Waals surface area contributed by atoms with Gasteiger partial charge in [-0.3, -0.25) is 0 Å². The molecule has 0 aromatic rings. The van der Waals surface area contributed by atoms with Crippen molar-refractivity contribution in [1.29, 1.82) is 0 Å². The van der Waals surface area contributed by atoms with E-state index in [1.165, 1.54) is 32.4 Å². The highest BCUT2D eigenvalue weighted by atomic mass is 15.0. The van der Waals surface area contributed by atoms with Gasteiger partial charge in [0, 0.05) is 18.6 Å². The van der Waals surface area contributed by atoms with Gasteiger partial charge in [-0.1, -0.05) is 6.92 Å². The van der Waals surface area contributed by atoms with Crippen LogP contribution in [0.2, 0.25) is 0 Å². The van der Waals surface area contributed by atoms with Gasteiger partial charge in [0.2, 0.25) is 0 Å². The Hall–Kier alpha value is -0.120. The number of hydrogen-bond acceptors (Lipinski definition) is 3. The second-order valence-corrected chi connectivity index (χ2v) is 4.98. The molecule has 3 nitrogen and oxygen atoms in total. The van der Waals surface area contributed by atoms with E-state index in [4.69, 9.17) is 5.73 Å². The minimum atomic E-state index is 0.368. The molecular weight excluding hydrogens is 174 g/mol.